The number of para-hydroxylation sites is 1. The van der Waals surface area contributed by atoms with Crippen molar-refractivity contribution in [2.75, 3.05) is 11.9 Å². The molecule has 0 bridgehead atoms. The van der Waals surface area contributed by atoms with E-state index in [2.05, 4.69) is 25.8 Å². The van der Waals surface area contributed by atoms with Crippen molar-refractivity contribution in [1.29, 1.82) is 0 Å². The highest BCUT2D eigenvalue weighted by Gasteiger charge is 2.11. The molecule has 18 heavy (non-hydrogen) atoms. The first-order valence-corrected chi connectivity index (χ1v) is 5.69. The molecule has 94 valence electrons. The third-order valence-corrected chi connectivity index (χ3v) is 2.45. The number of rotatable bonds is 5. The molecule has 0 aliphatic carbocycles. The van der Waals surface area contributed by atoms with Gasteiger partial charge in [-0.15, -0.1) is 0 Å². The van der Waals surface area contributed by atoms with Gasteiger partial charge in [0, 0.05) is 5.69 Å². The molecule has 1 heterocycles. The van der Waals surface area contributed by atoms with Gasteiger partial charge in [-0.25, -0.2) is 4.98 Å². The van der Waals surface area contributed by atoms with E-state index in [1.807, 2.05) is 37.3 Å². The lowest BCUT2D eigenvalue weighted by molar-refractivity contribution is -0.120. The van der Waals surface area contributed by atoms with E-state index >= 15 is 0 Å². The normalized spacial score (nSPS) is 11.8. The highest BCUT2D eigenvalue weighted by atomic mass is 16.2. The van der Waals surface area contributed by atoms with Gasteiger partial charge in [0.05, 0.1) is 12.6 Å². The second-order valence-electron chi connectivity index (χ2n) is 3.88. The van der Waals surface area contributed by atoms with Gasteiger partial charge >= 0.3 is 0 Å². The second-order valence-corrected chi connectivity index (χ2v) is 3.88. The molecule has 6 nitrogen and oxygen atoms in total. The van der Waals surface area contributed by atoms with E-state index in [0.717, 1.165) is 5.69 Å². The predicted molar refractivity (Wildman–Crippen MR) is 67.9 cm³/mol. The smallest absolute Gasteiger partial charge is 0.239 e. The monoisotopic (exact) mass is 245 g/mol. The molecule has 0 spiro atoms. The van der Waals surface area contributed by atoms with Crippen molar-refractivity contribution in [2.45, 2.75) is 13.0 Å². The summed E-state index contributed by atoms with van der Waals surface area (Å²) in [6, 6.07) is 9.39. The van der Waals surface area contributed by atoms with Gasteiger partial charge in [-0.3, -0.25) is 9.89 Å². The maximum atomic E-state index is 11.7. The molecule has 2 aromatic rings. The number of benzene rings is 1. The Bertz CT molecular complexity index is 482. The Balaban J connectivity index is 1.79. The lowest BCUT2D eigenvalue weighted by atomic mass is 10.3. The Hall–Kier alpha value is -2.37. The maximum Gasteiger partial charge on any atom is 0.239 e. The summed E-state index contributed by atoms with van der Waals surface area (Å²) in [4.78, 5) is 15.7. The van der Waals surface area contributed by atoms with Crippen LogP contribution in [0.3, 0.4) is 0 Å². The zero-order valence-electron chi connectivity index (χ0n) is 10.1. The summed E-state index contributed by atoms with van der Waals surface area (Å²) in [7, 11) is 0. The summed E-state index contributed by atoms with van der Waals surface area (Å²) in [5.41, 5.74) is 0.917. The van der Waals surface area contributed by atoms with Gasteiger partial charge in [-0.1, -0.05) is 18.2 Å². The minimum atomic E-state index is -0.183. The SMILES string of the molecule is CC(NC(=O)CNc1ccccc1)c1ncn[nH]1. The zero-order chi connectivity index (χ0) is 12.8. The zero-order valence-corrected chi connectivity index (χ0v) is 10.1. The van der Waals surface area contributed by atoms with Crippen molar-refractivity contribution in [3.8, 4) is 0 Å². The summed E-state index contributed by atoms with van der Waals surface area (Å²) in [5, 5.41) is 12.3. The standard InChI is InChI=1S/C12H15N5O/c1-9(12-14-8-15-17-12)16-11(18)7-13-10-5-3-2-4-6-10/h2-6,8-9,13H,7H2,1H3,(H,16,18)(H,14,15,17). The Morgan fingerprint density at radius 3 is 2.83 bits per heavy atom. The number of hydrogen-bond donors (Lipinski definition) is 3. The van der Waals surface area contributed by atoms with Gasteiger partial charge in [0.2, 0.25) is 5.91 Å². The third-order valence-electron chi connectivity index (χ3n) is 2.45. The number of carbonyl (C=O) groups excluding carboxylic acids is 1. The largest absolute Gasteiger partial charge is 0.376 e. The number of aromatic nitrogens is 3. The van der Waals surface area contributed by atoms with Gasteiger partial charge in [0.25, 0.3) is 0 Å². The summed E-state index contributed by atoms with van der Waals surface area (Å²) in [6.45, 7) is 2.07. The first-order valence-electron chi connectivity index (χ1n) is 5.69. The van der Waals surface area contributed by atoms with E-state index < -0.39 is 0 Å². The van der Waals surface area contributed by atoms with Crippen LogP contribution in [0.15, 0.2) is 36.7 Å². The van der Waals surface area contributed by atoms with E-state index in [1.165, 1.54) is 6.33 Å². The molecule has 1 atom stereocenters. The molecular weight excluding hydrogens is 230 g/mol. The molecular formula is C12H15N5O. The van der Waals surface area contributed by atoms with Crippen LogP contribution < -0.4 is 10.6 Å². The van der Waals surface area contributed by atoms with Crippen LogP contribution in [0, 0.1) is 0 Å². The van der Waals surface area contributed by atoms with Gasteiger partial charge in [-0.05, 0) is 19.1 Å². The molecule has 0 radical (unpaired) electrons. The first kappa shape index (κ1) is 12.1. The van der Waals surface area contributed by atoms with Crippen molar-refractivity contribution in [1.82, 2.24) is 20.5 Å². The molecule has 0 aliphatic rings. The van der Waals surface area contributed by atoms with Crippen LogP contribution in [0.1, 0.15) is 18.8 Å². The van der Waals surface area contributed by atoms with Crippen molar-refractivity contribution in [3.63, 3.8) is 0 Å². The molecule has 1 unspecified atom stereocenters. The maximum absolute atomic E-state index is 11.7. The number of nitrogens with one attached hydrogen (secondary N) is 3. The Morgan fingerprint density at radius 1 is 1.39 bits per heavy atom. The molecule has 0 fully saturated rings. The van der Waals surface area contributed by atoms with Crippen LogP contribution in [-0.4, -0.2) is 27.6 Å². The summed E-state index contributed by atoms with van der Waals surface area (Å²) in [6.07, 6.45) is 1.42. The fraction of sp³-hybridized carbons (Fsp3) is 0.250. The highest BCUT2D eigenvalue weighted by molar-refractivity contribution is 5.80. The van der Waals surface area contributed by atoms with E-state index in [0.29, 0.717) is 5.82 Å². The van der Waals surface area contributed by atoms with E-state index in [-0.39, 0.29) is 18.5 Å². The number of nitrogens with zero attached hydrogens (tertiary/aromatic N) is 2. The third kappa shape index (κ3) is 3.31. The van der Waals surface area contributed by atoms with Crippen molar-refractivity contribution in [3.05, 3.63) is 42.5 Å². The van der Waals surface area contributed by atoms with Crippen molar-refractivity contribution >= 4 is 11.6 Å². The highest BCUT2D eigenvalue weighted by Crippen LogP contribution is 2.05. The fourth-order valence-corrected chi connectivity index (χ4v) is 1.52. The fourth-order valence-electron chi connectivity index (χ4n) is 1.52. The Morgan fingerprint density at radius 2 is 2.17 bits per heavy atom. The molecule has 1 amide bonds. The van der Waals surface area contributed by atoms with Crippen LogP contribution in [-0.2, 0) is 4.79 Å². The van der Waals surface area contributed by atoms with E-state index in [1.54, 1.807) is 0 Å². The molecule has 0 saturated heterocycles. The lowest BCUT2D eigenvalue weighted by Crippen LogP contribution is -2.32. The number of amides is 1. The van der Waals surface area contributed by atoms with E-state index in [4.69, 9.17) is 0 Å². The van der Waals surface area contributed by atoms with Crippen LogP contribution in [0.2, 0.25) is 0 Å². The van der Waals surface area contributed by atoms with Crippen LogP contribution in [0.25, 0.3) is 0 Å². The first-order chi connectivity index (χ1) is 8.75. The number of carbonyl (C=O) groups is 1. The molecule has 1 aromatic carbocycles. The van der Waals surface area contributed by atoms with Gasteiger partial charge in [0.15, 0.2) is 0 Å². The summed E-state index contributed by atoms with van der Waals surface area (Å²) >= 11 is 0. The molecule has 2 rings (SSSR count). The van der Waals surface area contributed by atoms with Crippen molar-refractivity contribution < 1.29 is 4.79 Å². The van der Waals surface area contributed by atoms with E-state index in [9.17, 15) is 4.79 Å². The number of hydrogen-bond acceptors (Lipinski definition) is 4. The lowest BCUT2D eigenvalue weighted by Gasteiger charge is -2.12. The number of aromatic amines is 1. The van der Waals surface area contributed by atoms with Gasteiger partial charge < -0.3 is 10.6 Å². The molecule has 1 aromatic heterocycles. The minimum absolute atomic E-state index is 0.0947. The summed E-state index contributed by atoms with van der Waals surface area (Å²) < 4.78 is 0. The minimum Gasteiger partial charge on any atom is -0.376 e. The summed E-state index contributed by atoms with van der Waals surface area (Å²) in [5.74, 6) is 0.547. The number of anilines is 1. The van der Waals surface area contributed by atoms with Gasteiger partial charge in [0.1, 0.15) is 12.2 Å². The quantitative estimate of drug-likeness (QED) is 0.736. The number of H-pyrrole nitrogens is 1. The Kier molecular flexibility index (Phi) is 3.90. The molecule has 6 heteroatoms. The predicted octanol–water partition coefficient (Wildman–Crippen LogP) is 1.09. The molecule has 0 saturated carbocycles. The topological polar surface area (TPSA) is 82.7 Å². The molecule has 3 N–H and O–H groups in total. The average Bonchev–Trinajstić information content (AvgIpc) is 2.91. The molecule has 0 aliphatic heterocycles. The second kappa shape index (κ2) is 5.81. The van der Waals surface area contributed by atoms with Crippen LogP contribution >= 0.6 is 0 Å². The van der Waals surface area contributed by atoms with Crippen molar-refractivity contribution in [2.24, 2.45) is 0 Å². The van der Waals surface area contributed by atoms with Gasteiger partial charge in [-0.2, -0.15) is 5.10 Å². The Labute approximate surface area is 105 Å². The van der Waals surface area contributed by atoms with Crippen LogP contribution in [0.4, 0.5) is 5.69 Å². The average molecular weight is 245 g/mol. The van der Waals surface area contributed by atoms with Crippen LogP contribution in [0.5, 0.6) is 0 Å².